The maximum Gasteiger partial charge on any atom is 0.306 e. The van der Waals surface area contributed by atoms with Crippen molar-refractivity contribution in [3.8, 4) is 0 Å². The Hall–Kier alpha value is -2.78. The van der Waals surface area contributed by atoms with E-state index in [2.05, 4.69) is 96.9 Å². The summed E-state index contributed by atoms with van der Waals surface area (Å²) >= 11 is 0. The molecule has 0 aliphatic heterocycles. The summed E-state index contributed by atoms with van der Waals surface area (Å²) in [4.78, 5) is 25.6. The van der Waals surface area contributed by atoms with Crippen molar-refractivity contribution >= 4 is 11.9 Å². The van der Waals surface area contributed by atoms with E-state index in [1.807, 2.05) is 24.3 Å². The fourth-order valence-electron chi connectivity index (χ4n) is 7.28. The van der Waals surface area contributed by atoms with Gasteiger partial charge in [-0.25, -0.2) is 0 Å². The number of carbonyl (C=O) groups is 2. The maximum atomic E-state index is 14.3. The number of aliphatic hydroxyl groups is 4. The van der Waals surface area contributed by atoms with Crippen LogP contribution in [-0.4, -0.2) is 65.4 Å². The van der Waals surface area contributed by atoms with Gasteiger partial charge in [0.05, 0.1) is 38.4 Å². The molecule has 0 aliphatic rings. The van der Waals surface area contributed by atoms with Crippen molar-refractivity contribution in [1.29, 1.82) is 0 Å². The van der Waals surface area contributed by atoms with Crippen LogP contribution in [0.25, 0.3) is 0 Å². The van der Waals surface area contributed by atoms with Gasteiger partial charge in [0.25, 0.3) is 0 Å². The zero-order valence-electron chi connectivity index (χ0n) is 36.9. The van der Waals surface area contributed by atoms with Crippen LogP contribution in [0.5, 0.6) is 0 Å². The van der Waals surface area contributed by atoms with Crippen LogP contribution in [0, 0.1) is 5.41 Å². The molecule has 55 heavy (non-hydrogen) atoms. The molecule has 0 bridgehead atoms. The third-order valence-corrected chi connectivity index (χ3v) is 10.8. The monoisotopic (exact) mass is 769 g/mol. The maximum absolute atomic E-state index is 14.3. The number of hydrogen-bond donors (Lipinski definition) is 4. The normalized spacial score (nSPS) is 13.3. The van der Waals surface area contributed by atoms with E-state index in [0.29, 0.717) is 37.2 Å². The van der Waals surface area contributed by atoms with Crippen LogP contribution in [-0.2, 0) is 59.2 Å². The largest absolute Gasteiger partial charge is 0.466 e. The van der Waals surface area contributed by atoms with Gasteiger partial charge in [-0.3, -0.25) is 9.59 Å². The lowest BCUT2D eigenvalue weighted by molar-refractivity contribution is -0.144. The predicted octanol–water partition coefficient (Wildman–Crippen LogP) is 8.63. The van der Waals surface area contributed by atoms with Gasteiger partial charge in [-0.15, -0.1) is 0 Å². The number of benzene rings is 2. The molecular formula is C47H76O8. The lowest BCUT2D eigenvalue weighted by Gasteiger charge is -2.52. The Balaban J connectivity index is 3.25. The number of aliphatic hydroxyl groups excluding tert-OH is 3. The summed E-state index contributed by atoms with van der Waals surface area (Å²) in [5.74, 6) is -0.523. The molecule has 8 heteroatoms. The van der Waals surface area contributed by atoms with Gasteiger partial charge in [-0.1, -0.05) is 134 Å². The number of ether oxygens (including phenoxy) is 2. The fraction of sp³-hybridized carbons (Fsp3) is 0.702. The van der Waals surface area contributed by atoms with Crippen LogP contribution in [0.1, 0.15) is 180 Å². The molecule has 2 rings (SSSR count). The van der Waals surface area contributed by atoms with Crippen molar-refractivity contribution in [3.63, 3.8) is 0 Å². The van der Waals surface area contributed by atoms with Crippen LogP contribution in [0.3, 0.4) is 0 Å². The Bertz CT molecular complexity index is 1390. The Labute approximate surface area is 333 Å². The zero-order chi connectivity index (χ0) is 42.2. The molecule has 0 radical (unpaired) electrons. The zero-order valence-corrected chi connectivity index (χ0v) is 36.9. The SMILES string of the molecule is CCCCOC(=O)CCc1cc(C(C)(C)C)c(C(O)(c2c(C(C)(C)C)cc(CCC(=O)OCCCC)cc2C(C)(C)C)C(CO)(CO)CO)c(C(C)(C)C)c1. The number of esters is 2. The third kappa shape index (κ3) is 11.6. The molecule has 312 valence electrons. The first-order valence-corrected chi connectivity index (χ1v) is 20.5. The number of aryl methyl sites for hydroxylation is 2. The first-order chi connectivity index (χ1) is 25.3. The van der Waals surface area contributed by atoms with E-state index >= 15 is 0 Å². The minimum atomic E-state index is -2.14. The Morgan fingerprint density at radius 1 is 0.527 bits per heavy atom. The lowest BCUT2D eigenvalue weighted by atomic mass is 9.56. The number of carbonyl (C=O) groups excluding carboxylic acids is 2. The average molecular weight is 769 g/mol. The molecule has 2 aromatic rings. The fourth-order valence-corrected chi connectivity index (χ4v) is 7.28. The van der Waals surface area contributed by atoms with Crippen LogP contribution < -0.4 is 0 Å². The van der Waals surface area contributed by atoms with E-state index < -0.39 is 52.5 Å². The van der Waals surface area contributed by atoms with Gasteiger partial charge in [-0.2, -0.15) is 0 Å². The summed E-state index contributed by atoms with van der Waals surface area (Å²) < 4.78 is 11.0. The molecule has 0 amide bonds. The minimum Gasteiger partial charge on any atom is -0.466 e. The summed E-state index contributed by atoms with van der Waals surface area (Å²) in [5.41, 5.74) is -0.263. The van der Waals surface area contributed by atoms with Crippen molar-refractivity contribution in [3.05, 3.63) is 68.8 Å². The van der Waals surface area contributed by atoms with E-state index in [-0.39, 0.29) is 24.8 Å². The quantitative estimate of drug-likeness (QED) is 0.0876. The second-order valence-corrected chi connectivity index (χ2v) is 19.7. The molecule has 8 nitrogen and oxygen atoms in total. The second kappa shape index (κ2) is 19.1. The van der Waals surface area contributed by atoms with E-state index in [9.17, 15) is 30.0 Å². The summed E-state index contributed by atoms with van der Waals surface area (Å²) in [5, 5.41) is 48.5. The molecule has 2 aromatic carbocycles. The molecule has 0 saturated heterocycles. The van der Waals surface area contributed by atoms with E-state index in [4.69, 9.17) is 9.47 Å². The molecule has 0 spiro atoms. The van der Waals surface area contributed by atoms with Crippen LogP contribution in [0.2, 0.25) is 0 Å². The summed E-state index contributed by atoms with van der Waals surface area (Å²) in [6.07, 6.45) is 4.74. The first kappa shape index (κ1) is 48.4. The molecule has 0 heterocycles. The molecule has 0 aliphatic carbocycles. The summed E-state index contributed by atoms with van der Waals surface area (Å²) in [6.45, 7) is 27.5. The van der Waals surface area contributed by atoms with E-state index in [0.717, 1.165) is 59.1 Å². The van der Waals surface area contributed by atoms with Crippen molar-refractivity contribution in [2.75, 3.05) is 33.0 Å². The standard InChI is InChI=1S/C47H76O8/c1-15-17-23-54-38(51)21-19-32-25-34(42(3,4)5)40(35(26-32)43(6,7)8)47(53,46(29-48,30-49)31-50)41-36(44(9,10)11)27-33(28-37(41)45(12,13)14)20-22-39(52)55-24-18-16-2/h25-28,48-50,53H,15-24,29-31H2,1-14H3. The highest BCUT2D eigenvalue weighted by Crippen LogP contribution is 2.56. The van der Waals surface area contributed by atoms with Gasteiger partial charge >= 0.3 is 11.9 Å². The van der Waals surface area contributed by atoms with Gasteiger partial charge in [0.2, 0.25) is 0 Å². The van der Waals surface area contributed by atoms with Crippen molar-refractivity contribution < 1.29 is 39.5 Å². The van der Waals surface area contributed by atoms with Crippen molar-refractivity contribution in [2.24, 2.45) is 5.41 Å². The minimum absolute atomic E-state index is 0.199. The van der Waals surface area contributed by atoms with Crippen LogP contribution >= 0.6 is 0 Å². The van der Waals surface area contributed by atoms with Gasteiger partial charge in [0.15, 0.2) is 0 Å². The van der Waals surface area contributed by atoms with Crippen LogP contribution in [0.15, 0.2) is 24.3 Å². The summed E-state index contributed by atoms with van der Waals surface area (Å²) in [7, 11) is 0. The molecule has 4 N–H and O–H groups in total. The molecule has 0 atom stereocenters. The highest BCUT2D eigenvalue weighted by Gasteiger charge is 2.58. The van der Waals surface area contributed by atoms with Crippen molar-refractivity contribution in [2.45, 2.75) is 176 Å². The van der Waals surface area contributed by atoms with Gasteiger partial charge in [-0.05, 0) is 91.9 Å². The number of hydrogen-bond acceptors (Lipinski definition) is 8. The highest BCUT2D eigenvalue weighted by atomic mass is 16.5. The third-order valence-electron chi connectivity index (χ3n) is 10.8. The van der Waals surface area contributed by atoms with E-state index in [1.165, 1.54) is 0 Å². The molecule has 0 unspecified atom stereocenters. The second-order valence-electron chi connectivity index (χ2n) is 19.7. The van der Waals surface area contributed by atoms with Gasteiger partial charge in [0.1, 0.15) is 5.60 Å². The average Bonchev–Trinajstić information content (AvgIpc) is 3.08. The number of rotatable bonds is 18. The number of unbranched alkanes of at least 4 members (excludes halogenated alkanes) is 2. The summed E-state index contributed by atoms with van der Waals surface area (Å²) in [6, 6.07) is 8.16. The van der Waals surface area contributed by atoms with Crippen molar-refractivity contribution in [1.82, 2.24) is 0 Å². The lowest BCUT2D eigenvalue weighted by Crippen LogP contribution is -2.57. The topological polar surface area (TPSA) is 134 Å². The Morgan fingerprint density at radius 2 is 0.800 bits per heavy atom. The molecule has 0 fully saturated rings. The molecule has 0 aromatic heterocycles. The molecular weight excluding hydrogens is 693 g/mol. The smallest absolute Gasteiger partial charge is 0.306 e. The predicted molar refractivity (Wildman–Crippen MR) is 223 cm³/mol. The molecule has 0 saturated carbocycles. The van der Waals surface area contributed by atoms with Gasteiger partial charge < -0.3 is 29.9 Å². The van der Waals surface area contributed by atoms with Crippen LogP contribution in [0.4, 0.5) is 0 Å². The van der Waals surface area contributed by atoms with E-state index in [1.54, 1.807) is 0 Å². The highest BCUT2D eigenvalue weighted by molar-refractivity contribution is 5.70. The first-order valence-electron chi connectivity index (χ1n) is 20.5. The van der Waals surface area contributed by atoms with Gasteiger partial charge in [0, 0.05) is 12.8 Å². The Kier molecular flexibility index (Phi) is 16.8. The Morgan fingerprint density at radius 3 is 1.02 bits per heavy atom.